The van der Waals surface area contributed by atoms with Crippen molar-refractivity contribution in [2.24, 2.45) is 0 Å². The van der Waals surface area contributed by atoms with E-state index in [9.17, 15) is 9.59 Å². The summed E-state index contributed by atoms with van der Waals surface area (Å²) in [5.74, 6) is -0.641. The van der Waals surface area contributed by atoms with E-state index in [4.69, 9.17) is 4.74 Å². The summed E-state index contributed by atoms with van der Waals surface area (Å²) in [7, 11) is 0. The normalized spacial score (nSPS) is 10.6. The Morgan fingerprint density at radius 1 is 0.857 bits per heavy atom. The Bertz CT molecular complexity index is 754. The summed E-state index contributed by atoms with van der Waals surface area (Å²) in [4.78, 5) is 26.4. The molecule has 0 fully saturated rings. The summed E-state index contributed by atoms with van der Waals surface area (Å²) in [5.41, 5.74) is 2.72. The molecule has 0 aliphatic rings. The number of hydrogen-bond acceptors (Lipinski definition) is 4. The predicted octanol–water partition coefficient (Wildman–Crippen LogP) is 3.18. The van der Waals surface area contributed by atoms with Gasteiger partial charge in [0, 0.05) is 18.8 Å². The van der Waals surface area contributed by atoms with E-state index < -0.39 is 11.8 Å². The molecule has 2 aromatic rings. The van der Waals surface area contributed by atoms with Gasteiger partial charge < -0.3 is 15.4 Å². The zero-order valence-electron chi connectivity index (χ0n) is 16.8. The number of carbonyl (C=O) groups excluding carboxylic acids is 2. The molecule has 6 nitrogen and oxygen atoms in total. The molecule has 0 saturated heterocycles. The second kappa shape index (κ2) is 11.1. The molecule has 0 radical (unpaired) electrons. The Balaban J connectivity index is 1.81. The Morgan fingerprint density at radius 2 is 1.46 bits per heavy atom. The van der Waals surface area contributed by atoms with Crippen LogP contribution >= 0.6 is 0 Å². The van der Waals surface area contributed by atoms with Crippen molar-refractivity contribution in [3.8, 4) is 5.75 Å². The van der Waals surface area contributed by atoms with Gasteiger partial charge in [-0.2, -0.15) is 0 Å². The zero-order chi connectivity index (χ0) is 20.4. The zero-order valence-corrected chi connectivity index (χ0v) is 16.8. The first-order valence-electron chi connectivity index (χ1n) is 9.67. The van der Waals surface area contributed by atoms with Crippen LogP contribution in [0.4, 0.5) is 5.69 Å². The van der Waals surface area contributed by atoms with E-state index in [2.05, 4.69) is 41.5 Å². The molecule has 0 atom stereocenters. The molecule has 28 heavy (non-hydrogen) atoms. The van der Waals surface area contributed by atoms with Crippen molar-refractivity contribution >= 4 is 17.5 Å². The molecule has 2 amide bonds. The van der Waals surface area contributed by atoms with Gasteiger partial charge in [-0.3, -0.25) is 14.5 Å². The quantitative estimate of drug-likeness (QED) is 0.653. The number of rotatable bonds is 9. The van der Waals surface area contributed by atoms with Crippen molar-refractivity contribution < 1.29 is 14.3 Å². The first-order chi connectivity index (χ1) is 13.5. The lowest BCUT2D eigenvalue weighted by atomic mass is 10.1. The second-order valence-corrected chi connectivity index (χ2v) is 6.37. The minimum atomic E-state index is -0.692. The smallest absolute Gasteiger partial charge is 0.313 e. The van der Waals surface area contributed by atoms with Gasteiger partial charge in [0.1, 0.15) is 5.75 Å². The highest BCUT2D eigenvalue weighted by atomic mass is 16.5. The van der Waals surface area contributed by atoms with E-state index in [1.807, 2.05) is 19.1 Å². The van der Waals surface area contributed by atoms with Crippen molar-refractivity contribution in [3.05, 3.63) is 59.7 Å². The number of amides is 2. The maximum atomic E-state index is 12.0. The van der Waals surface area contributed by atoms with Crippen LogP contribution in [0.1, 0.15) is 31.9 Å². The fourth-order valence-electron chi connectivity index (χ4n) is 2.72. The molecule has 2 aromatic carbocycles. The lowest BCUT2D eigenvalue weighted by Gasteiger charge is -2.18. The van der Waals surface area contributed by atoms with Crippen LogP contribution in [0, 0.1) is 0 Å². The van der Waals surface area contributed by atoms with Crippen molar-refractivity contribution in [2.75, 3.05) is 25.0 Å². The number of anilines is 1. The monoisotopic (exact) mass is 383 g/mol. The third-order valence-electron chi connectivity index (χ3n) is 4.41. The fourth-order valence-corrected chi connectivity index (χ4v) is 2.72. The molecule has 0 spiro atoms. The number of carbonyl (C=O) groups is 2. The molecule has 0 aliphatic carbocycles. The van der Waals surface area contributed by atoms with E-state index in [1.54, 1.807) is 24.3 Å². The average molecular weight is 383 g/mol. The van der Waals surface area contributed by atoms with Crippen molar-refractivity contribution in [3.63, 3.8) is 0 Å². The van der Waals surface area contributed by atoms with Gasteiger partial charge in [0.15, 0.2) is 0 Å². The van der Waals surface area contributed by atoms with Crippen molar-refractivity contribution in [2.45, 2.75) is 33.9 Å². The van der Waals surface area contributed by atoms with Crippen LogP contribution in [-0.2, 0) is 22.7 Å². The predicted molar refractivity (Wildman–Crippen MR) is 111 cm³/mol. The average Bonchev–Trinajstić information content (AvgIpc) is 2.72. The molecule has 0 aliphatic heterocycles. The van der Waals surface area contributed by atoms with Gasteiger partial charge in [0.05, 0.1) is 6.61 Å². The van der Waals surface area contributed by atoms with Crippen LogP contribution in [0.15, 0.2) is 48.5 Å². The summed E-state index contributed by atoms with van der Waals surface area (Å²) in [6.45, 7) is 10.0. The van der Waals surface area contributed by atoms with Crippen LogP contribution in [0.25, 0.3) is 0 Å². The summed E-state index contributed by atoms with van der Waals surface area (Å²) in [5, 5.41) is 5.23. The van der Waals surface area contributed by atoms with Gasteiger partial charge in [0.2, 0.25) is 0 Å². The minimum Gasteiger partial charge on any atom is -0.494 e. The molecule has 2 N–H and O–H groups in total. The molecule has 0 saturated carbocycles. The third-order valence-corrected chi connectivity index (χ3v) is 4.41. The number of nitrogens with one attached hydrogen (secondary N) is 2. The van der Waals surface area contributed by atoms with Gasteiger partial charge in [-0.05, 0) is 55.4 Å². The van der Waals surface area contributed by atoms with Gasteiger partial charge in [-0.1, -0.05) is 38.1 Å². The van der Waals surface area contributed by atoms with E-state index in [0.717, 1.165) is 30.9 Å². The van der Waals surface area contributed by atoms with Crippen LogP contribution in [0.2, 0.25) is 0 Å². The number of benzene rings is 2. The molecular weight excluding hydrogens is 354 g/mol. The summed E-state index contributed by atoms with van der Waals surface area (Å²) in [6.07, 6.45) is 0. The number of ether oxygens (including phenoxy) is 1. The van der Waals surface area contributed by atoms with E-state index in [-0.39, 0.29) is 0 Å². The van der Waals surface area contributed by atoms with E-state index in [0.29, 0.717) is 18.8 Å². The van der Waals surface area contributed by atoms with Crippen LogP contribution in [-0.4, -0.2) is 36.4 Å². The summed E-state index contributed by atoms with van der Waals surface area (Å²) in [6, 6.07) is 15.0. The highest BCUT2D eigenvalue weighted by Crippen LogP contribution is 2.15. The Hall–Kier alpha value is -2.86. The Labute approximate surface area is 166 Å². The highest BCUT2D eigenvalue weighted by molar-refractivity contribution is 6.39. The first-order valence-corrected chi connectivity index (χ1v) is 9.67. The lowest BCUT2D eigenvalue weighted by Crippen LogP contribution is -2.34. The molecule has 0 heterocycles. The maximum Gasteiger partial charge on any atom is 0.313 e. The molecular formula is C22H29N3O3. The van der Waals surface area contributed by atoms with Gasteiger partial charge in [-0.15, -0.1) is 0 Å². The highest BCUT2D eigenvalue weighted by Gasteiger charge is 2.13. The topological polar surface area (TPSA) is 70.7 Å². The van der Waals surface area contributed by atoms with E-state index in [1.165, 1.54) is 5.56 Å². The summed E-state index contributed by atoms with van der Waals surface area (Å²) < 4.78 is 5.35. The maximum absolute atomic E-state index is 12.0. The molecule has 6 heteroatoms. The fraction of sp³-hybridized carbons (Fsp3) is 0.364. The SMILES string of the molecule is CCOc1ccc(NC(=O)C(=O)NCc2ccc(CN(CC)CC)cc2)cc1. The van der Waals surface area contributed by atoms with Crippen molar-refractivity contribution in [1.29, 1.82) is 0 Å². The summed E-state index contributed by atoms with van der Waals surface area (Å²) >= 11 is 0. The molecule has 150 valence electrons. The van der Waals surface area contributed by atoms with Gasteiger partial charge >= 0.3 is 11.8 Å². The second-order valence-electron chi connectivity index (χ2n) is 6.37. The van der Waals surface area contributed by atoms with Crippen LogP contribution < -0.4 is 15.4 Å². The van der Waals surface area contributed by atoms with Gasteiger partial charge in [0.25, 0.3) is 0 Å². The van der Waals surface area contributed by atoms with Crippen LogP contribution in [0.5, 0.6) is 5.75 Å². The first kappa shape index (κ1) is 21.4. The van der Waals surface area contributed by atoms with Gasteiger partial charge in [-0.25, -0.2) is 0 Å². The number of nitrogens with zero attached hydrogens (tertiary/aromatic N) is 1. The third kappa shape index (κ3) is 6.70. The number of hydrogen-bond donors (Lipinski definition) is 2. The Morgan fingerprint density at radius 3 is 2.04 bits per heavy atom. The molecule has 0 aromatic heterocycles. The molecule has 0 bridgehead atoms. The Kier molecular flexibility index (Phi) is 8.49. The van der Waals surface area contributed by atoms with E-state index >= 15 is 0 Å². The standard InChI is InChI=1S/C22H29N3O3/c1-4-25(5-2)16-18-9-7-17(8-10-18)15-23-21(26)22(27)24-19-11-13-20(14-12-19)28-6-3/h7-14H,4-6,15-16H2,1-3H3,(H,23,26)(H,24,27). The lowest BCUT2D eigenvalue weighted by molar-refractivity contribution is -0.136. The minimum absolute atomic E-state index is 0.307. The molecule has 0 unspecified atom stereocenters. The largest absolute Gasteiger partial charge is 0.494 e. The molecule has 2 rings (SSSR count). The van der Waals surface area contributed by atoms with Crippen LogP contribution in [0.3, 0.4) is 0 Å². The van der Waals surface area contributed by atoms with Crippen molar-refractivity contribution in [1.82, 2.24) is 10.2 Å².